The van der Waals surface area contributed by atoms with Crippen LogP contribution in [0.2, 0.25) is 0 Å². The highest BCUT2D eigenvalue weighted by Gasteiger charge is 1.92. The SMILES string of the molecule is NNc1nc(N)cc(=O)[nH]1. The normalized spacial score (nSPS) is 9.30. The molecule has 6 N–H and O–H groups in total. The van der Waals surface area contributed by atoms with Gasteiger partial charge < -0.3 is 5.73 Å². The molecule has 6 heteroatoms. The monoisotopic (exact) mass is 141 g/mol. The Kier molecular flexibility index (Phi) is 1.55. The zero-order chi connectivity index (χ0) is 7.56. The Hall–Kier alpha value is -1.56. The Bertz CT molecular complexity index is 279. The molecular weight excluding hydrogens is 134 g/mol. The second kappa shape index (κ2) is 2.36. The molecule has 0 aliphatic heterocycles. The molecule has 1 aromatic rings. The fourth-order valence-corrected chi connectivity index (χ4v) is 0.545. The molecule has 0 saturated carbocycles. The second-order valence-electron chi connectivity index (χ2n) is 1.66. The van der Waals surface area contributed by atoms with E-state index in [0.717, 1.165) is 0 Å². The highest BCUT2D eigenvalue weighted by molar-refractivity contribution is 5.33. The molecule has 10 heavy (non-hydrogen) atoms. The number of hydrazine groups is 1. The number of aromatic nitrogens is 2. The van der Waals surface area contributed by atoms with Gasteiger partial charge in [0, 0.05) is 6.07 Å². The number of nitrogens with two attached hydrogens (primary N) is 2. The van der Waals surface area contributed by atoms with Crippen LogP contribution in [0.3, 0.4) is 0 Å². The predicted molar refractivity (Wildman–Crippen MR) is 37.1 cm³/mol. The molecule has 6 nitrogen and oxygen atoms in total. The van der Waals surface area contributed by atoms with Crippen LogP contribution in [0.5, 0.6) is 0 Å². The summed E-state index contributed by atoms with van der Waals surface area (Å²) in [4.78, 5) is 16.6. The molecule has 0 amide bonds. The van der Waals surface area contributed by atoms with Crippen molar-refractivity contribution in [2.45, 2.75) is 0 Å². The Balaban J connectivity index is 3.19. The van der Waals surface area contributed by atoms with Gasteiger partial charge >= 0.3 is 0 Å². The van der Waals surface area contributed by atoms with E-state index < -0.39 is 0 Å². The van der Waals surface area contributed by atoms with E-state index in [4.69, 9.17) is 11.6 Å². The van der Waals surface area contributed by atoms with Crippen LogP contribution in [-0.2, 0) is 0 Å². The van der Waals surface area contributed by atoms with E-state index in [1.165, 1.54) is 6.07 Å². The lowest BCUT2D eigenvalue weighted by atomic mass is 10.6. The lowest BCUT2D eigenvalue weighted by Crippen LogP contribution is -2.17. The maximum absolute atomic E-state index is 10.6. The summed E-state index contributed by atoms with van der Waals surface area (Å²) in [6.07, 6.45) is 0. The van der Waals surface area contributed by atoms with Gasteiger partial charge in [0.25, 0.3) is 5.56 Å². The lowest BCUT2D eigenvalue weighted by Gasteiger charge is -1.96. The molecule has 0 spiro atoms. The number of aromatic amines is 1. The van der Waals surface area contributed by atoms with Crippen LogP contribution in [0, 0.1) is 0 Å². The molecular formula is C4H7N5O. The third-order valence-electron chi connectivity index (χ3n) is 0.898. The van der Waals surface area contributed by atoms with E-state index >= 15 is 0 Å². The van der Waals surface area contributed by atoms with Gasteiger partial charge in [-0.2, -0.15) is 4.98 Å². The van der Waals surface area contributed by atoms with Crippen LogP contribution < -0.4 is 22.6 Å². The van der Waals surface area contributed by atoms with Gasteiger partial charge in [-0.05, 0) is 0 Å². The highest BCUT2D eigenvalue weighted by Crippen LogP contribution is 1.93. The number of rotatable bonds is 1. The first kappa shape index (κ1) is 6.56. The molecule has 0 bridgehead atoms. The smallest absolute Gasteiger partial charge is 0.254 e. The van der Waals surface area contributed by atoms with Crippen molar-refractivity contribution in [2.24, 2.45) is 5.84 Å². The fraction of sp³-hybridized carbons (Fsp3) is 0. The molecule has 0 aliphatic rings. The molecule has 0 atom stereocenters. The second-order valence-corrected chi connectivity index (χ2v) is 1.66. The quantitative estimate of drug-likeness (QED) is 0.285. The summed E-state index contributed by atoms with van der Waals surface area (Å²) in [5, 5.41) is 0. The van der Waals surface area contributed by atoms with E-state index in [-0.39, 0.29) is 17.3 Å². The van der Waals surface area contributed by atoms with Gasteiger partial charge in [0.05, 0.1) is 0 Å². The number of H-pyrrole nitrogens is 1. The molecule has 1 aromatic heterocycles. The summed E-state index contributed by atoms with van der Waals surface area (Å²) in [5.74, 6) is 5.24. The molecule has 1 heterocycles. The number of hydrogen-bond acceptors (Lipinski definition) is 5. The standard InChI is InChI=1S/C4H7N5O/c5-2-1-3(10)8-4(7-2)9-6/h1H,6H2,(H4,5,7,8,9,10). The van der Waals surface area contributed by atoms with Crippen molar-refractivity contribution in [3.8, 4) is 0 Å². The van der Waals surface area contributed by atoms with E-state index in [1.807, 2.05) is 0 Å². The van der Waals surface area contributed by atoms with Crippen LogP contribution in [0.25, 0.3) is 0 Å². The van der Waals surface area contributed by atoms with Crippen molar-refractivity contribution in [1.29, 1.82) is 0 Å². The number of nitrogen functional groups attached to an aromatic ring is 2. The minimum Gasteiger partial charge on any atom is -0.383 e. The van der Waals surface area contributed by atoms with Crippen LogP contribution in [-0.4, -0.2) is 9.97 Å². The summed E-state index contributed by atoms with van der Waals surface area (Å²) in [5.41, 5.74) is 7.04. The zero-order valence-electron chi connectivity index (χ0n) is 5.09. The molecule has 0 fully saturated rings. The van der Waals surface area contributed by atoms with Crippen LogP contribution in [0.15, 0.2) is 10.9 Å². The third-order valence-corrected chi connectivity index (χ3v) is 0.898. The van der Waals surface area contributed by atoms with Crippen LogP contribution >= 0.6 is 0 Å². The van der Waals surface area contributed by atoms with Gasteiger partial charge in [-0.3, -0.25) is 15.2 Å². The van der Waals surface area contributed by atoms with Gasteiger partial charge in [-0.25, -0.2) is 5.84 Å². The molecule has 54 valence electrons. The molecule has 0 unspecified atom stereocenters. The largest absolute Gasteiger partial charge is 0.383 e. The number of nitrogens with one attached hydrogen (secondary N) is 2. The van der Waals surface area contributed by atoms with Crippen molar-refractivity contribution in [2.75, 3.05) is 11.2 Å². The summed E-state index contributed by atoms with van der Waals surface area (Å²) in [6, 6.07) is 1.17. The van der Waals surface area contributed by atoms with E-state index in [2.05, 4.69) is 15.4 Å². The molecule has 0 saturated heterocycles. The maximum Gasteiger partial charge on any atom is 0.254 e. The molecule has 0 aromatic carbocycles. The van der Waals surface area contributed by atoms with Crippen LogP contribution in [0.4, 0.5) is 11.8 Å². The first-order valence-corrected chi connectivity index (χ1v) is 2.56. The van der Waals surface area contributed by atoms with Crippen molar-refractivity contribution < 1.29 is 0 Å². The molecule has 1 rings (SSSR count). The number of hydrogen-bond donors (Lipinski definition) is 4. The molecule has 0 aliphatic carbocycles. The van der Waals surface area contributed by atoms with Gasteiger partial charge in [-0.1, -0.05) is 0 Å². The highest BCUT2D eigenvalue weighted by atomic mass is 16.1. The summed E-state index contributed by atoms with van der Waals surface area (Å²) in [6.45, 7) is 0. The summed E-state index contributed by atoms with van der Waals surface area (Å²) in [7, 11) is 0. The average molecular weight is 141 g/mol. The zero-order valence-corrected chi connectivity index (χ0v) is 5.09. The summed E-state index contributed by atoms with van der Waals surface area (Å²) < 4.78 is 0. The molecule has 0 radical (unpaired) electrons. The topological polar surface area (TPSA) is 110 Å². The van der Waals surface area contributed by atoms with Gasteiger partial charge in [0.1, 0.15) is 5.82 Å². The van der Waals surface area contributed by atoms with E-state index in [0.29, 0.717) is 0 Å². The van der Waals surface area contributed by atoms with Crippen molar-refractivity contribution in [1.82, 2.24) is 9.97 Å². The van der Waals surface area contributed by atoms with E-state index in [1.54, 1.807) is 0 Å². The van der Waals surface area contributed by atoms with Crippen molar-refractivity contribution in [3.63, 3.8) is 0 Å². The van der Waals surface area contributed by atoms with Gasteiger partial charge in [-0.15, -0.1) is 0 Å². The summed E-state index contributed by atoms with van der Waals surface area (Å²) >= 11 is 0. The van der Waals surface area contributed by atoms with Crippen LogP contribution in [0.1, 0.15) is 0 Å². The van der Waals surface area contributed by atoms with Gasteiger partial charge in [0.15, 0.2) is 0 Å². The number of nitrogens with zero attached hydrogens (tertiary/aromatic N) is 1. The maximum atomic E-state index is 10.6. The van der Waals surface area contributed by atoms with Crippen molar-refractivity contribution in [3.05, 3.63) is 16.4 Å². The van der Waals surface area contributed by atoms with E-state index in [9.17, 15) is 4.79 Å². The number of anilines is 2. The fourth-order valence-electron chi connectivity index (χ4n) is 0.545. The minimum absolute atomic E-state index is 0.136. The lowest BCUT2D eigenvalue weighted by molar-refractivity contribution is 1.09. The first-order valence-electron chi connectivity index (χ1n) is 2.56. The first-order chi connectivity index (χ1) is 4.72. The Labute approximate surface area is 56.2 Å². The minimum atomic E-state index is -0.333. The third kappa shape index (κ3) is 1.23. The predicted octanol–water partition coefficient (Wildman–Crippen LogP) is -1.36. The Morgan fingerprint density at radius 2 is 2.40 bits per heavy atom. The Morgan fingerprint density at radius 1 is 1.70 bits per heavy atom. The average Bonchev–Trinajstić information content (AvgIpc) is 1.85. The van der Waals surface area contributed by atoms with Crippen molar-refractivity contribution >= 4 is 11.8 Å². The van der Waals surface area contributed by atoms with Gasteiger partial charge in [0.2, 0.25) is 5.95 Å². The Morgan fingerprint density at radius 3 is 2.90 bits per heavy atom.